The molecule has 19 heavy (non-hydrogen) atoms. The first-order valence-corrected chi connectivity index (χ1v) is 6.26. The number of carbonyl (C=O) groups excluding carboxylic acids is 1. The predicted molar refractivity (Wildman–Crippen MR) is 73.1 cm³/mol. The highest BCUT2D eigenvalue weighted by molar-refractivity contribution is 6.16. The summed E-state index contributed by atoms with van der Waals surface area (Å²) in [4.78, 5) is 11.1. The number of rotatable bonds is 4. The second-order valence-electron chi connectivity index (χ2n) is 3.94. The zero-order valence-electron chi connectivity index (χ0n) is 10.4. The van der Waals surface area contributed by atoms with Gasteiger partial charge >= 0.3 is 0 Å². The molecule has 2 rings (SSSR count). The molecule has 7 heteroatoms. The fourth-order valence-corrected chi connectivity index (χ4v) is 1.97. The summed E-state index contributed by atoms with van der Waals surface area (Å²) in [6.45, 7) is 1.72. The van der Waals surface area contributed by atoms with Crippen LogP contribution in [-0.4, -0.2) is 20.7 Å². The molecular formula is C12H14ClN5O. The second kappa shape index (κ2) is 5.81. The highest BCUT2D eigenvalue weighted by Gasteiger charge is 2.12. The summed E-state index contributed by atoms with van der Waals surface area (Å²) < 4.78 is 1.79. The maximum Gasteiger partial charge on any atom is 0.221 e. The van der Waals surface area contributed by atoms with Crippen molar-refractivity contribution in [2.45, 2.75) is 19.3 Å². The minimum absolute atomic E-state index is 0.127. The van der Waals surface area contributed by atoms with Crippen molar-refractivity contribution >= 4 is 23.2 Å². The van der Waals surface area contributed by atoms with Gasteiger partial charge in [-0.3, -0.25) is 9.36 Å². The van der Waals surface area contributed by atoms with Crippen LogP contribution in [0.2, 0.25) is 0 Å². The van der Waals surface area contributed by atoms with Crippen LogP contribution < -0.4 is 11.1 Å². The quantitative estimate of drug-likeness (QED) is 0.829. The fourth-order valence-electron chi connectivity index (χ4n) is 1.80. The number of aromatic nitrogens is 3. The molecule has 100 valence electrons. The van der Waals surface area contributed by atoms with Crippen molar-refractivity contribution in [3.63, 3.8) is 0 Å². The molecule has 3 N–H and O–H groups in total. The molecule has 0 aliphatic carbocycles. The van der Waals surface area contributed by atoms with E-state index in [9.17, 15) is 4.79 Å². The molecule has 0 fully saturated rings. The van der Waals surface area contributed by atoms with Crippen LogP contribution >= 0.6 is 11.6 Å². The first kappa shape index (κ1) is 13.5. The molecule has 1 aromatic carbocycles. The minimum atomic E-state index is -0.127. The average Bonchev–Trinajstić information content (AvgIpc) is 2.81. The Kier molecular flexibility index (Phi) is 4.13. The molecule has 0 spiro atoms. The lowest BCUT2D eigenvalue weighted by Crippen LogP contribution is -2.10. The molecule has 0 aliphatic rings. The third-order valence-corrected chi connectivity index (χ3v) is 2.76. The molecule has 1 heterocycles. The van der Waals surface area contributed by atoms with E-state index in [0.29, 0.717) is 17.3 Å². The largest absolute Gasteiger partial charge is 0.326 e. The Hall–Kier alpha value is -1.92. The zero-order valence-corrected chi connectivity index (χ0v) is 11.2. The molecule has 0 bridgehead atoms. The first-order chi connectivity index (χ1) is 9.15. The number of amides is 1. The number of halogens is 1. The molecule has 2 aromatic rings. The van der Waals surface area contributed by atoms with Gasteiger partial charge in [-0.1, -0.05) is 6.07 Å². The maximum atomic E-state index is 11.1. The van der Waals surface area contributed by atoms with E-state index in [-0.39, 0.29) is 18.3 Å². The van der Waals surface area contributed by atoms with Gasteiger partial charge in [-0.2, -0.15) is 0 Å². The Balaban J connectivity index is 2.46. The van der Waals surface area contributed by atoms with Crippen LogP contribution in [0.5, 0.6) is 0 Å². The van der Waals surface area contributed by atoms with Gasteiger partial charge in [0, 0.05) is 12.6 Å². The number of anilines is 1. The monoisotopic (exact) mass is 279 g/mol. The smallest absolute Gasteiger partial charge is 0.221 e. The lowest BCUT2D eigenvalue weighted by molar-refractivity contribution is -0.114. The summed E-state index contributed by atoms with van der Waals surface area (Å²) >= 11 is 5.84. The summed E-state index contributed by atoms with van der Waals surface area (Å²) in [7, 11) is 0. The highest BCUT2D eigenvalue weighted by Crippen LogP contribution is 2.18. The third-order valence-electron chi connectivity index (χ3n) is 2.52. The third kappa shape index (κ3) is 2.91. The molecule has 0 aliphatic heterocycles. The van der Waals surface area contributed by atoms with Gasteiger partial charge in [0.25, 0.3) is 0 Å². The van der Waals surface area contributed by atoms with E-state index in [1.807, 2.05) is 18.2 Å². The van der Waals surface area contributed by atoms with E-state index in [4.69, 9.17) is 17.3 Å². The number of hydrogen-bond acceptors (Lipinski definition) is 4. The fraction of sp³-hybridized carbons (Fsp3) is 0.250. The number of nitrogens with one attached hydrogen (secondary N) is 1. The average molecular weight is 280 g/mol. The van der Waals surface area contributed by atoms with Crippen LogP contribution in [0.25, 0.3) is 5.69 Å². The van der Waals surface area contributed by atoms with Crippen LogP contribution in [0, 0.1) is 0 Å². The zero-order chi connectivity index (χ0) is 13.8. The van der Waals surface area contributed by atoms with Gasteiger partial charge in [-0.25, -0.2) is 0 Å². The lowest BCUT2D eigenvalue weighted by atomic mass is 10.2. The number of benzene rings is 1. The summed E-state index contributed by atoms with van der Waals surface area (Å²) in [5, 5.41) is 10.7. The Morgan fingerprint density at radius 2 is 2.16 bits per heavy atom. The SMILES string of the molecule is CC(=O)Nc1cccc(-n2c(CN)nnc2CCl)c1. The van der Waals surface area contributed by atoms with Crippen molar-refractivity contribution in [1.82, 2.24) is 14.8 Å². The minimum Gasteiger partial charge on any atom is -0.326 e. The van der Waals surface area contributed by atoms with Crippen LogP contribution in [0.15, 0.2) is 24.3 Å². The van der Waals surface area contributed by atoms with Crippen molar-refractivity contribution in [1.29, 1.82) is 0 Å². The topological polar surface area (TPSA) is 85.8 Å². The van der Waals surface area contributed by atoms with Crippen LogP contribution in [0.1, 0.15) is 18.6 Å². The van der Waals surface area contributed by atoms with E-state index < -0.39 is 0 Å². The van der Waals surface area contributed by atoms with Gasteiger partial charge in [0.05, 0.1) is 18.1 Å². The van der Waals surface area contributed by atoms with Crippen molar-refractivity contribution in [2.75, 3.05) is 5.32 Å². The second-order valence-corrected chi connectivity index (χ2v) is 4.20. The first-order valence-electron chi connectivity index (χ1n) is 5.73. The molecule has 1 aromatic heterocycles. The van der Waals surface area contributed by atoms with Gasteiger partial charge in [0.15, 0.2) is 11.6 Å². The van der Waals surface area contributed by atoms with Gasteiger partial charge in [-0.05, 0) is 18.2 Å². The molecule has 0 radical (unpaired) electrons. The molecule has 0 unspecified atom stereocenters. The molecule has 0 atom stereocenters. The predicted octanol–water partition coefficient (Wildman–Crippen LogP) is 1.42. The number of hydrogen-bond donors (Lipinski definition) is 2. The van der Waals surface area contributed by atoms with E-state index in [2.05, 4.69) is 15.5 Å². The van der Waals surface area contributed by atoms with Crippen molar-refractivity contribution < 1.29 is 4.79 Å². The van der Waals surface area contributed by atoms with Gasteiger partial charge in [0.1, 0.15) is 0 Å². The van der Waals surface area contributed by atoms with Gasteiger partial charge < -0.3 is 11.1 Å². The Morgan fingerprint density at radius 1 is 1.42 bits per heavy atom. The summed E-state index contributed by atoms with van der Waals surface area (Å²) in [6, 6.07) is 7.33. The number of nitrogens with zero attached hydrogens (tertiary/aromatic N) is 3. The summed E-state index contributed by atoms with van der Waals surface area (Å²) in [6.07, 6.45) is 0. The van der Waals surface area contributed by atoms with E-state index in [0.717, 1.165) is 5.69 Å². The summed E-state index contributed by atoms with van der Waals surface area (Å²) in [5.74, 6) is 1.34. The standard InChI is InChI=1S/C12H14ClN5O/c1-8(19)15-9-3-2-4-10(5-9)18-11(6-13)16-17-12(18)7-14/h2-5H,6-7,14H2,1H3,(H,15,19). The van der Waals surface area contributed by atoms with Crippen molar-refractivity contribution in [3.05, 3.63) is 35.9 Å². The van der Waals surface area contributed by atoms with Crippen molar-refractivity contribution in [2.24, 2.45) is 5.73 Å². The van der Waals surface area contributed by atoms with Crippen LogP contribution in [0.3, 0.4) is 0 Å². The normalized spacial score (nSPS) is 10.5. The Labute approximate surface area is 115 Å². The molecule has 0 saturated heterocycles. The lowest BCUT2D eigenvalue weighted by Gasteiger charge is -2.10. The Morgan fingerprint density at radius 3 is 2.79 bits per heavy atom. The molecule has 1 amide bonds. The molecular weight excluding hydrogens is 266 g/mol. The van der Waals surface area contributed by atoms with E-state index in [1.54, 1.807) is 10.6 Å². The highest BCUT2D eigenvalue weighted by atomic mass is 35.5. The number of carbonyl (C=O) groups is 1. The van der Waals surface area contributed by atoms with Crippen LogP contribution in [-0.2, 0) is 17.2 Å². The number of nitrogens with two attached hydrogens (primary N) is 1. The summed E-state index contributed by atoms with van der Waals surface area (Å²) in [5.41, 5.74) is 7.15. The van der Waals surface area contributed by atoms with E-state index in [1.165, 1.54) is 6.92 Å². The van der Waals surface area contributed by atoms with Gasteiger partial charge in [-0.15, -0.1) is 21.8 Å². The molecule has 6 nitrogen and oxygen atoms in total. The van der Waals surface area contributed by atoms with E-state index >= 15 is 0 Å². The van der Waals surface area contributed by atoms with Crippen LogP contribution in [0.4, 0.5) is 5.69 Å². The Bertz CT molecular complexity index is 574. The van der Waals surface area contributed by atoms with Crippen molar-refractivity contribution in [3.8, 4) is 5.69 Å². The number of alkyl halides is 1. The maximum absolute atomic E-state index is 11.1. The molecule has 0 saturated carbocycles. The van der Waals surface area contributed by atoms with Gasteiger partial charge in [0.2, 0.25) is 5.91 Å².